The molecule has 152 valence electrons. The summed E-state index contributed by atoms with van der Waals surface area (Å²) in [6.07, 6.45) is 0.807. The zero-order valence-corrected chi connectivity index (χ0v) is 17.0. The largest absolute Gasteiger partial charge is 0.331 e. The van der Waals surface area contributed by atoms with E-state index in [0.717, 1.165) is 17.8 Å². The number of benzene rings is 2. The summed E-state index contributed by atoms with van der Waals surface area (Å²) in [5.74, 6) is -0.0449. The average molecular weight is 412 g/mol. The van der Waals surface area contributed by atoms with E-state index in [1.54, 1.807) is 0 Å². The fraction of sp³-hybridized carbons (Fsp3) is 0.333. The zero-order valence-electron chi connectivity index (χ0n) is 16.2. The van der Waals surface area contributed by atoms with Crippen LogP contribution in [0.1, 0.15) is 12.5 Å². The van der Waals surface area contributed by atoms with Crippen molar-refractivity contribution in [1.29, 1.82) is 0 Å². The molecule has 2 aliphatic heterocycles. The Labute approximate surface area is 174 Å². The van der Waals surface area contributed by atoms with Gasteiger partial charge in [0, 0.05) is 12.2 Å². The molecule has 3 unspecified atom stereocenters. The minimum Gasteiger partial charge on any atom is -0.331 e. The SMILES string of the molecule is CCc1ccc(NC(=O)CSC2NC(=O)C3CNN(c4ccccc4)C3N2)cc1. The number of para-hydroxylation sites is 1. The molecule has 3 atom stereocenters. The highest BCUT2D eigenvalue weighted by Crippen LogP contribution is 2.26. The summed E-state index contributed by atoms with van der Waals surface area (Å²) in [7, 11) is 0. The summed E-state index contributed by atoms with van der Waals surface area (Å²) in [6, 6.07) is 17.8. The number of fused-ring (bicyclic) bond motifs is 1. The van der Waals surface area contributed by atoms with Gasteiger partial charge in [0.25, 0.3) is 0 Å². The van der Waals surface area contributed by atoms with E-state index >= 15 is 0 Å². The summed E-state index contributed by atoms with van der Waals surface area (Å²) in [4.78, 5) is 24.8. The lowest BCUT2D eigenvalue weighted by molar-refractivity contribution is -0.127. The molecule has 29 heavy (non-hydrogen) atoms. The van der Waals surface area contributed by atoms with E-state index in [1.807, 2.05) is 59.6 Å². The van der Waals surface area contributed by atoms with Crippen LogP contribution in [-0.2, 0) is 16.0 Å². The van der Waals surface area contributed by atoms with Crippen molar-refractivity contribution in [2.24, 2.45) is 5.92 Å². The molecular formula is C21H25N5O2S. The number of amides is 2. The summed E-state index contributed by atoms with van der Waals surface area (Å²) in [6.45, 7) is 2.67. The molecule has 4 rings (SSSR count). The Morgan fingerprint density at radius 3 is 2.66 bits per heavy atom. The second-order valence-corrected chi connectivity index (χ2v) is 8.18. The van der Waals surface area contributed by atoms with Crippen molar-refractivity contribution in [1.82, 2.24) is 16.1 Å². The maximum absolute atomic E-state index is 12.5. The Morgan fingerprint density at radius 2 is 1.93 bits per heavy atom. The van der Waals surface area contributed by atoms with E-state index in [1.165, 1.54) is 17.3 Å². The van der Waals surface area contributed by atoms with Gasteiger partial charge in [-0.15, -0.1) is 11.8 Å². The molecule has 0 aliphatic carbocycles. The molecule has 8 heteroatoms. The van der Waals surface area contributed by atoms with Gasteiger partial charge in [-0.1, -0.05) is 37.3 Å². The highest BCUT2D eigenvalue weighted by molar-refractivity contribution is 8.00. The van der Waals surface area contributed by atoms with Crippen molar-refractivity contribution in [3.63, 3.8) is 0 Å². The number of thioether (sulfide) groups is 1. The molecular weight excluding hydrogens is 386 g/mol. The third-order valence-electron chi connectivity index (χ3n) is 5.13. The van der Waals surface area contributed by atoms with Crippen LogP contribution < -0.4 is 26.4 Å². The Kier molecular flexibility index (Phi) is 6.03. The smallest absolute Gasteiger partial charge is 0.234 e. The van der Waals surface area contributed by atoms with Gasteiger partial charge in [0.1, 0.15) is 11.7 Å². The molecule has 7 nitrogen and oxygen atoms in total. The summed E-state index contributed by atoms with van der Waals surface area (Å²) in [5, 5.41) is 11.3. The molecule has 0 bridgehead atoms. The predicted molar refractivity (Wildman–Crippen MR) is 116 cm³/mol. The molecule has 0 saturated carbocycles. The normalized spacial score (nSPS) is 23.4. The van der Waals surface area contributed by atoms with Gasteiger partial charge in [-0.3, -0.25) is 19.9 Å². The highest BCUT2D eigenvalue weighted by Gasteiger charge is 2.44. The van der Waals surface area contributed by atoms with Gasteiger partial charge >= 0.3 is 0 Å². The van der Waals surface area contributed by atoms with Gasteiger partial charge in [-0.2, -0.15) is 0 Å². The van der Waals surface area contributed by atoms with Crippen molar-refractivity contribution in [3.05, 3.63) is 60.2 Å². The van der Waals surface area contributed by atoms with Gasteiger partial charge in [0.05, 0.1) is 17.4 Å². The molecule has 2 saturated heterocycles. The number of aryl methyl sites for hydroxylation is 1. The number of nitrogens with one attached hydrogen (secondary N) is 4. The molecule has 0 radical (unpaired) electrons. The molecule has 0 aromatic heterocycles. The summed E-state index contributed by atoms with van der Waals surface area (Å²) in [5.41, 5.74) is 5.97. The topological polar surface area (TPSA) is 85.5 Å². The number of hydrogen-bond donors (Lipinski definition) is 4. The monoisotopic (exact) mass is 411 g/mol. The van der Waals surface area contributed by atoms with Gasteiger partial charge < -0.3 is 10.6 Å². The van der Waals surface area contributed by atoms with Crippen molar-refractivity contribution in [2.75, 3.05) is 22.6 Å². The lowest BCUT2D eigenvalue weighted by Crippen LogP contribution is -2.63. The first-order valence-corrected chi connectivity index (χ1v) is 10.8. The number of anilines is 2. The van der Waals surface area contributed by atoms with E-state index in [0.29, 0.717) is 6.54 Å². The van der Waals surface area contributed by atoms with E-state index < -0.39 is 0 Å². The number of carbonyl (C=O) groups is 2. The van der Waals surface area contributed by atoms with Crippen LogP contribution in [0.2, 0.25) is 0 Å². The van der Waals surface area contributed by atoms with Crippen LogP contribution in [0.5, 0.6) is 0 Å². The number of hydrogen-bond acceptors (Lipinski definition) is 6. The first-order chi connectivity index (χ1) is 14.1. The summed E-state index contributed by atoms with van der Waals surface area (Å²) >= 11 is 1.37. The Balaban J connectivity index is 1.33. The van der Waals surface area contributed by atoms with Crippen LogP contribution in [0.4, 0.5) is 11.4 Å². The second kappa shape index (κ2) is 8.86. The molecule has 2 amide bonds. The lowest BCUT2D eigenvalue weighted by atomic mass is 10.1. The standard InChI is InChI=1S/C21H25N5O2S/c1-2-14-8-10-15(11-9-14)23-18(27)13-29-21-24-19-17(20(28)25-21)12-22-26(19)16-6-4-3-5-7-16/h3-11,17,19,21-22,24H,2,12-13H2,1H3,(H,23,27)(H,25,28). The maximum Gasteiger partial charge on any atom is 0.234 e. The predicted octanol–water partition coefficient (Wildman–Crippen LogP) is 1.89. The van der Waals surface area contributed by atoms with Crippen LogP contribution in [0, 0.1) is 5.92 Å². The number of nitrogens with zero attached hydrogens (tertiary/aromatic N) is 1. The molecule has 2 aromatic rings. The first kappa shape index (κ1) is 19.8. The van der Waals surface area contributed by atoms with E-state index in [9.17, 15) is 9.59 Å². The van der Waals surface area contributed by atoms with Crippen LogP contribution in [0.3, 0.4) is 0 Å². The zero-order chi connectivity index (χ0) is 20.2. The van der Waals surface area contributed by atoms with Crippen molar-refractivity contribution >= 4 is 35.0 Å². The fourth-order valence-corrected chi connectivity index (χ4v) is 4.38. The van der Waals surface area contributed by atoms with Gasteiger partial charge in [-0.25, -0.2) is 5.43 Å². The maximum atomic E-state index is 12.5. The summed E-state index contributed by atoms with van der Waals surface area (Å²) < 4.78 is 0. The van der Waals surface area contributed by atoms with Crippen LogP contribution in [0.25, 0.3) is 0 Å². The molecule has 2 aromatic carbocycles. The van der Waals surface area contributed by atoms with Crippen molar-refractivity contribution < 1.29 is 9.59 Å². The number of hydrazine groups is 1. The van der Waals surface area contributed by atoms with Gasteiger partial charge in [0.2, 0.25) is 11.8 Å². The molecule has 2 aliphatic rings. The second-order valence-electron chi connectivity index (χ2n) is 7.08. The van der Waals surface area contributed by atoms with Crippen molar-refractivity contribution in [3.8, 4) is 0 Å². The van der Waals surface area contributed by atoms with E-state index in [4.69, 9.17) is 0 Å². The third kappa shape index (κ3) is 4.55. The minimum atomic E-state index is -0.330. The Morgan fingerprint density at radius 1 is 1.17 bits per heavy atom. The van der Waals surface area contributed by atoms with Gasteiger partial charge in [-0.05, 0) is 36.2 Å². The number of carbonyl (C=O) groups excluding carboxylic acids is 2. The van der Waals surface area contributed by atoms with Gasteiger partial charge in [0.15, 0.2) is 0 Å². The van der Waals surface area contributed by atoms with Crippen LogP contribution in [0.15, 0.2) is 54.6 Å². The molecule has 0 spiro atoms. The average Bonchev–Trinajstić information content (AvgIpc) is 3.18. The highest BCUT2D eigenvalue weighted by atomic mass is 32.2. The van der Waals surface area contributed by atoms with Crippen LogP contribution >= 0.6 is 11.8 Å². The fourth-order valence-electron chi connectivity index (χ4n) is 3.56. The quantitative estimate of drug-likeness (QED) is 0.581. The van der Waals surface area contributed by atoms with Crippen LogP contribution in [-0.4, -0.2) is 35.8 Å². The minimum absolute atomic E-state index is 0.00672. The molecule has 2 fully saturated rings. The Bertz CT molecular complexity index is 861. The molecule has 4 N–H and O–H groups in total. The number of rotatable bonds is 6. The lowest BCUT2D eigenvalue weighted by Gasteiger charge is -2.37. The van der Waals surface area contributed by atoms with E-state index in [-0.39, 0.29) is 35.1 Å². The first-order valence-electron chi connectivity index (χ1n) is 9.78. The van der Waals surface area contributed by atoms with Crippen molar-refractivity contribution in [2.45, 2.75) is 25.0 Å². The van der Waals surface area contributed by atoms with E-state index in [2.05, 4.69) is 28.3 Å². The Hall–Kier alpha value is -2.55. The molecule has 2 heterocycles. The third-order valence-corrected chi connectivity index (χ3v) is 6.15.